The smallest absolute Gasteiger partial charge is 0.382 e. The van der Waals surface area contributed by atoms with Gasteiger partial charge in [0.1, 0.15) is 23.8 Å². The zero-order valence-electron chi connectivity index (χ0n) is 20.9. The van der Waals surface area contributed by atoms with Crippen molar-refractivity contribution in [1.82, 2.24) is 24.8 Å². The fraction of sp³-hybridized carbons (Fsp3) is 0.440. The number of likely N-dealkylation sites (tertiary alicyclic amines) is 1. The minimum atomic E-state index is -4.87. The molecule has 15 heteroatoms. The van der Waals surface area contributed by atoms with E-state index in [-0.39, 0.29) is 29.8 Å². The highest BCUT2D eigenvalue weighted by Crippen LogP contribution is 2.41. The molecule has 5 rings (SSSR count). The molecule has 1 aliphatic heterocycles. The minimum absolute atomic E-state index is 0.0189. The summed E-state index contributed by atoms with van der Waals surface area (Å²) in [7, 11) is 0. The molecule has 3 atom stereocenters. The second-order valence-electron chi connectivity index (χ2n) is 10.1. The lowest BCUT2D eigenvalue weighted by Gasteiger charge is -2.20. The van der Waals surface area contributed by atoms with E-state index >= 15 is 4.39 Å². The summed E-state index contributed by atoms with van der Waals surface area (Å²) in [6.07, 6.45) is -6.74. The number of halogens is 7. The highest BCUT2D eigenvalue weighted by atomic mass is 19.4. The highest BCUT2D eigenvalue weighted by Gasteiger charge is 2.46. The number of hydrogen-bond donors (Lipinski definition) is 2. The molecule has 214 valence electrons. The Morgan fingerprint density at radius 1 is 1.18 bits per heavy atom. The van der Waals surface area contributed by atoms with Gasteiger partial charge in [-0.05, 0) is 37.1 Å². The molecule has 1 aromatic carbocycles. The Morgan fingerprint density at radius 3 is 2.55 bits per heavy atom. The number of hydrogen-bond acceptors (Lipinski definition) is 5. The lowest BCUT2D eigenvalue weighted by atomic mass is 10.0. The molecule has 8 nitrogen and oxygen atoms in total. The Kier molecular flexibility index (Phi) is 6.65. The molecule has 1 aliphatic carbocycles. The van der Waals surface area contributed by atoms with Crippen LogP contribution in [0.25, 0.3) is 16.8 Å². The molecule has 0 radical (unpaired) electrons. The summed E-state index contributed by atoms with van der Waals surface area (Å²) in [5.41, 5.74) is 3.05. The standard InChI is InChI=1S/C25H23F7N6O2/c1-11-4-16(26)14(19-6-15(25(30,31)32)20-21(33)34-10-35-38(19)20)5-13(11)22(39)36-18-9-37(8-17(18)27)23(40)12-2-3-24(28,29)7-12/h4-6,10,12,17-18H,2-3,7-9H2,1H3,(H,36,39)(H2,33,34,35)/t12?,17-,18+/m0/s1. The van der Waals surface area contributed by atoms with Crippen molar-refractivity contribution < 1.29 is 40.3 Å². The molecular weight excluding hydrogens is 549 g/mol. The van der Waals surface area contributed by atoms with Gasteiger partial charge in [-0.15, -0.1) is 0 Å². The molecular formula is C25H23F7N6O2. The quantitative estimate of drug-likeness (QED) is 0.457. The third-order valence-corrected chi connectivity index (χ3v) is 7.35. The van der Waals surface area contributed by atoms with Crippen molar-refractivity contribution in [3.8, 4) is 11.3 Å². The number of nitrogens with zero attached hydrogens (tertiary/aromatic N) is 4. The van der Waals surface area contributed by atoms with Crippen molar-refractivity contribution in [3.63, 3.8) is 0 Å². The number of anilines is 1. The number of benzene rings is 1. The zero-order chi connectivity index (χ0) is 29.1. The van der Waals surface area contributed by atoms with Gasteiger partial charge in [0.25, 0.3) is 5.91 Å². The van der Waals surface area contributed by atoms with Crippen molar-refractivity contribution in [2.75, 3.05) is 18.8 Å². The van der Waals surface area contributed by atoms with Crippen LogP contribution in [0.2, 0.25) is 0 Å². The van der Waals surface area contributed by atoms with Crippen LogP contribution in [-0.4, -0.2) is 62.5 Å². The predicted octanol–water partition coefficient (Wildman–Crippen LogP) is 4.16. The van der Waals surface area contributed by atoms with Gasteiger partial charge in [0.15, 0.2) is 5.82 Å². The van der Waals surface area contributed by atoms with Gasteiger partial charge in [-0.3, -0.25) is 9.59 Å². The van der Waals surface area contributed by atoms with Crippen LogP contribution >= 0.6 is 0 Å². The van der Waals surface area contributed by atoms with E-state index in [4.69, 9.17) is 5.73 Å². The normalized spacial score (nSPS) is 22.7. The summed E-state index contributed by atoms with van der Waals surface area (Å²) < 4.78 is 98.8. The maximum absolute atomic E-state index is 15.1. The van der Waals surface area contributed by atoms with Crippen molar-refractivity contribution in [3.05, 3.63) is 47.0 Å². The van der Waals surface area contributed by atoms with E-state index in [1.54, 1.807) is 0 Å². The Labute approximate surface area is 222 Å². The van der Waals surface area contributed by atoms with Gasteiger partial charge in [-0.25, -0.2) is 27.1 Å². The topological polar surface area (TPSA) is 106 Å². The number of alkyl halides is 6. The Bertz CT molecular complexity index is 1510. The third-order valence-electron chi connectivity index (χ3n) is 7.35. The van der Waals surface area contributed by atoms with Crippen LogP contribution in [0.3, 0.4) is 0 Å². The average Bonchev–Trinajstić information content (AvgIpc) is 3.54. The van der Waals surface area contributed by atoms with Gasteiger partial charge >= 0.3 is 6.18 Å². The summed E-state index contributed by atoms with van der Waals surface area (Å²) >= 11 is 0. The lowest BCUT2D eigenvalue weighted by Crippen LogP contribution is -2.42. The molecule has 40 heavy (non-hydrogen) atoms. The predicted molar refractivity (Wildman–Crippen MR) is 128 cm³/mol. The van der Waals surface area contributed by atoms with Gasteiger partial charge in [0.2, 0.25) is 11.8 Å². The number of aryl methyl sites for hydroxylation is 1. The monoisotopic (exact) mass is 572 g/mol. The molecule has 2 aliphatic rings. The maximum atomic E-state index is 15.1. The number of aromatic nitrogens is 3. The number of fused-ring (bicyclic) bond motifs is 1. The second kappa shape index (κ2) is 9.63. The minimum Gasteiger partial charge on any atom is -0.382 e. The number of carbonyl (C=O) groups is 2. The van der Waals surface area contributed by atoms with Crippen LogP contribution in [0.5, 0.6) is 0 Å². The van der Waals surface area contributed by atoms with E-state index in [1.165, 1.54) is 6.92 Å². The molecule has 2 amide bonds. The zero-order valence-corrected chi connectivity index (χ0v) is 20.9. The van der Waals surface area contributed by atoms with Crippen molar-refractivity contribution in [2.24, 2.45) is 5.92 Å². The number of nitrogens with two attached hydrogens (primary N) is 1. The average molecular weight is 572 g/mol. The van der Waals surface area contributed by atoms with Crippen molar-refractivity contribution >= 4 is 23.1 Å². The fourth-order valence-corrected chi connectivity index (χ4v) is 5.33. The number of amides is 2. The first-order valence-electron chi connectivity index (χ1n) is 12.3. The molecule has 2 aromatic heterocycles. The summed E-state index contributed by atoms with van der Waals surface area (Å²) in [5, 5.41) is 6.21. The van der Waals surface area contributed by atoms with Crippen LogP contribution in [0, 0.1) is 18.7 Å². The first-order chi connectivity index (χ1) is 18.7. The van der Waals surface area contributed by atoms with Crippen LogP contribution < -0.4 is 11.1 Å². The van der Waals surface area contributed by atoms with E-state index in [1.807, 2.05) is 0 Å². The summed E-state index contributed by atoms with van der Waals surface area (Å²) in [5.74, 6) is -6.80. The molecule has 0 bridgehead atoms. The van der Waals surface area contributed by atoms with Crippen LogP contribution in [0.4, 0.5) is 36.6 Å². The number of nitrogens with one attached hydrogen (secondary N) is 1. The molecule has 3 heterocycles. The fourth-order valence-electron chi connectivity index (χ4n) is 5.33. The van der Waals surface area contributed by atoms with E-state index in [9.17, 15) is 35.9 Å². The molecule has 1 unspecified atom stereocenters. The van der Waals surface area contributed by atoms with Crippen LogP contribution in [-0.2, 0) is 11.0 Å². The van der Waals surface area contributed by atoms with Gasteiger partial charge in [-0.2, -0.15) is 18.3 Å². The van der Waals surface area contributed by atoms with E-state index in [0.29, 0.717) is 6.07 Å². The Balaban J connectivity index is 1.41. The largest absolute Gasteiger partial charge is 0.418 e. The van der Waals surface area contributed by atoms with Crippen molar-refractivity contribution in [1.29, 1.82) is 0 Å². The van der Waals surface area contributed by atoms with Gasteiger partial charge in [0.05, 0.1) is 23.8 Å². The van der Waals surface area contributed by atoms with E-state index in [0.717, 1.165) is 27.9 Å². The number of nitrogen functional groups attached to an aromatic ring is 1. The molecule has 2 fully saturated rings. The number of rotatable bonds is 4. The van der Waals surface area contributed by atoms with Crippen molar-refractivity contribution in [2.45, 2.75) is 50.5 Å². The maximum Gasteiger partial charge on any atom is 0.418 e. The molecule has 3 N–H and O–H groups in total. The van der Waals surface area contributed by atoms with Crippen LogP contribution in [0.15, 0.2) is 24.5 Å². The van der Waals surface area contributed by atoms with E-state index in [2.05, 4.69) is 15.4 Å². The second-order valence-corrected chi connectivity index (χ2v) is 10.1. The first-order valence-corrected chi connectivity index (χ1v) is 12.3. The molecule has 0 spiro atoms. The molecule has 1 saturated heterocycles. The summed E-state index contributed by atoms with van der Waals surface area (Å²) in [6.45, 7) is 0.739. The summed E-state index contributed by atoms with van der Waals surface area (Å²) in [4.78, 5) is 30.4. The SMILES string of the molecule is Cc1cc(F)c(-c2cc(C(F)(F)F)c3c(N)ncnn23)cc1C(=O)N[C@@H]1CN(C(=O)C2CCC(F)(F)C2)C[C@@H]1F. The number of carbonyl (C=O) groups excluding carboxylic acids is 2. The van der Waals surface area contributed by atoms with Gasteiger partial charge in [-0.1, -0.05) is 0 Å². The third kappa shape index (κ3) is 4.92. The lowest BCUT2D eigenvalue weighted by molar-refractivity contribution is -0.136. The van der Waals surface area contributed by atoms with Gasteiger partial charge < -0.3 is 16.0 Å². The van der Waals surface area contributed by atoms with Gasteiger partial charge in [0, 0.05) is 36.4 Å². The Hall–Kier alpha value is -3.91. The Morgan fingerprint density at radius 2 is 1.90 bits per heavy atom. The van der Waals surface area contributed by atoms with Crippen LogP contribution in [0.1, 0.15) is 40.7 Å². The van der Waals surface area contributed by atoms with E-state index < -0.39 is 89.7 Å². The molecule has 3 aromatic rings. The first kappa shape index (κ1) is 27.6. The molecule has 1 saturated carbocycles. The highest BCUT2D eigenvalue weighted by molar-refractivity contribution is 5.97. The summed E-state index contributed by atoms with van der Waals surface area (Å²) in [6, 6.07) is 1.43.